The number of fused-ring (bicyclic) bond motifs is 1. The number of oxazole rings is 1. The lowest BCUT2D eigenvalue weighted by atomic mass is 10.1. The van der Waals surface area contributed by atoms with Gasteiger partial charge in [0, 0.05) is 18.3 Å². The Morgan fingerprint density at radius 3 is 2.75 bits per heavy atom. The molecule has 1 amide bonds. The molecule has 0 radical (unpaired) electrons. The second kappa shape index (κ2) is 8.23. The first-order valence-corrected chi connectivity index (χ1v) is 9.42. The van der Waals surface area contributed by atoms with Crippen LogP contribution in [-0.2, 0) is 6.42 Å². The van der Waals surface area contributed by atoms with E-state index in [9.17, 15) is 4.79 Å². The summed E-state index contributed by atoms with van der Waals surface area (Å²) >= 11 is 6.11. The lowest BCUT2D eigenvalue weighted by Crippen LogP contribution is -2.24. The van der Waals surface area contributed by atoms with Gasteiger partial charge in [0.2, 0.25) is 5.89 Å². The third kappa shape index (κ3) is 4.05. The van der Waals surface area contributed by atoms with Gasteiger partial charge in [-0.1, -0.05) is 41.9 Å². The summed E-state index contributed by atoms with van der Waals surface area (Å²) in [6, 6.07) is 19.0. The average Bonchev–Trinajstić information content (AvgIpc) is 3.15. The Morgan fingerprint density at radius 2 is 1.93 bits per heavy atom. The van der Waals surface area contributed by atoms with Gasteiger partial charge in [-0.3, -0.25) is 4.79 Å². The summed E-state index contributed by atoms with van der Waals surface area (Å²) in [6.07, 6.45) is 3.41. The van der Waals surface area contributed by atoms with Crippen LogP contribution in [0.25, 0.3) is 22.6 Å². The quantitative estimate of drug-likeness (QED) is 0.374. The van der Waals surface area contributed by atoms with E-state index in [1.807, 2.05) is 18.2 Å². The number of aromatic nitrogens is 2. The average molecular weight is 392 g/mol. The Hall–Kier alpha value is -3.18. The van der Waals surface area contributed by atoms with Gasteiger partial charge in [-0.2, -0.15) is 0 Å². The zero-order valence-electron chi connectivity index (χ0n) is 15.1. The predicted octanol–water partition coefficient (Wildman–Crippen LogP) is 4.91. The lowest BCUT2D eigenvalue weighted by molar-refractivity contribution is 0.0953. The molecule has 0 aliphatic rings. The number of pyridine rings is 1. The minimum Gasteiger partial charge on any atom is -0.436 e. The highest BCUT2D eigenvalue weighted by Crippen LogP contribution is 2.28. The van der Waals surface area contributed by atoms with E-state index < -0.39 is 0 Å². The molecule has 0 atom stereocenters. The first kappa shape index (κ1) is 18.2. The van der Waals surface area contributed by atoms with Crippen LogP contribution in [0.1, 0.15) is 22.3 Å². The van der Waals surface area contributed by atoms with Gasteiger partial charge in [0.05, 0.1) is 5.56 Å². The van der Waals surface area contributed by atoms with E-state index in [-0.39, 0.29) is 5.91 Å². The molecule has 6 heteroatoms. The van der Waals surface area contributed by atoms with Crippen molar-refractivity contribution in [2.45, 2.75) is 12.8 Å². The van der Waals surface area contributed by atoms with Gasteiger partial charge in [-0.05, 0) is 48.7 Å². The number of carbonyl (C=O) groups excluding carboxylic acids is 1. The summed E-state index contributed by atoms with van der Waals surface area (Å²) in [7, 11) is 0. The fourth-order valence-electron chi connectivity index (χ4n) is 2.97. The molecule has 0 aliphatic carbocycles. The second-order valence-electron chi connectivity index (χ2n) is 6.39. The Labute approximate surface area is 167 Å². The maximum atomic E-state index is 12.4. The van der Waals surface area contributed by atoms with Gasteiger partial charge in [0.1, 0.15) is 10.7 Å². The molecule has 2 aromatic carbocycles. The van der Waals surface area contributed by atoms with Crippen LogP contribution in [0.2, 0.25) is 5.15 Å². The van der Waals surface area contributed by atoms with E-state index in [1.54, 1.807) is 36.5 Å². The molecule has 0 unspecified atom stereocenters. The highest BCUT2D eigenvalue weighted by molar-refractivity contribution is 6.31. The Bertz CT molecular complexity index is 1110. The van der Waals surface area contributed by atoms with Crippen LogP contribution in [0, 0.1) is 0 Å². The lowest BCUT2D eigenvalue weighted by Gasteiger charge is -2.05. The molecular formula is C22H18ClN3O2. The fraction of sp³-hybridized carbons (Fsp3) is 0.136. The van der Waals surface area contributed by atoms with E-state index in [1.165, 1.54) is 5.56 Å². The monoisotopic (exact) mass is 391 g/mol. The Kier molecular flexibility index (Phi) is 5.35. The Balaban J connectivity index is 1.42. The zero-order chi connectivity index (χ0) is 19.3. The number of nitrogens with one attached hydrogen (secondary N) is 1. The standard InChI is InChI=1S/C22H18ClN3O2/c23-20-17(9-5-12-24-20)22-26-18-11-10-16(14-19(18)28-22)21(27)25-13-4-8-15-6-2-1-3-7-15/h1-3,5-7,9-12,14H,4,8,13H2,(H,25,27). The molecule has 2 heterocycles. The molecule has 0 aliphatic heterocycles. The van der Waals surface area contributed by atoms with Crippen molar-refractivity contribution in [1.29, 1.82) is 0 Å². The third-order valence-corrected chi connectivity index (χ3v) is 4.71. The van der Waals surface area contributed by atoms with Gasteiger partial charge < -0.3 is 9.73 Å². The van der Waals surface area contributed by atoms with Crippen molar-refractivity contribution in [3.8, 4) is 11.5 Å². The number of aryl methyl sites for hydroxylation is 1. The number of nitrogens with zero attached hydrogens (tertiary/aromatic N) is 2. The van der Waals surface area contributed by atoms with Crippen molar-refractivity contribution < 1.29 is 9.21 Å². The summed E-state index contributed by atoms with van der Waals surface area (Å²) < 4.78 is 5.79. The zero-order valence-corrected chi connectivity index (χ0v) is 15.8. The van der Waals surface area contributed by atoms with E-state index in [4.69, 9.17) is 16.0 Å². The summed E-state index contributed by atoms with van der Waals surface area (Å²) in [5.41, 5.74) is 3.61. The largest absolute Gasteiger partial charge is 0.436 e. The number of carbonyl (C=O) groups is 1. The van der Waals surface area contributed by atoms with Gasteiger partial charge in [-0.25, -0.2) is 9.97 Å². The van der Waals surface area contributed by atoms with Crippen molar-refractivity contribution in [3.63, 3.8) is 0 Å². The number of halogens is 1. The SMILES string of the molecule is O=C(NCCCc1ccccc1)c1ccc2nc(-c3cccnc3Cl)oc2c1. The minimum absolute atomic E-state index is 0.132. The summed E-state index contributed by atoms with van der Waals surface area (Å²) in [4.78, 5) is 20.9. The predicted molar refractivity (Wildman–Crippen MR) is 109 cm³/mol. The Morgan fingerprint density at radius 1 is 1.07 bits per heavy atom. The van der Waals surface area contributed by atoms with Gasteiger partial charge in [-0.15, -0.1) is 0 Å². The molecule has 4 rings (SSSR count). The first-order chi connectivity index (χ1) is 13.7. The highest BCUT2D eigenvalue weighted by atomic mass is 35.5. The topological polar surface area (TPSA) is 68.0 Å². The number of benzene rings is 2. The summed E-state index contributed by atoms with van der Waals surface area (Å²) in [5.74, 6) is 0.251. The first-order valence-electron chi connectivity index (χ1n) is 9.04. The molecule has 5 nitrogen and oxygen atoms in total. The maximum Gasteiger partial charge on any atom is 0.251 e. The molecule has 0 saturated heterocycles. The van der Waals surface area contributed by atoms with Gasteiger partial charge >= 0.3 is 0 Å². The second-order valence-corrected chi connectivity index (χ2v) is 6.75. The van der Waals surface area contributed by atoms with Gasteiger partial charge in [0.15, 0.2) is 5.58 Å². The van der Waals surface area contributed by atoms with E-state index in [0.29, 0.717) is 39.8 Å². The molecule has 0 fully saturated rings. The van der Waals surface area contributed by atoms with E-state index in [2.05, 4.69) is 27.4 Å². The molecular weight excluding hydrogens is 374 g/mol. The van der Waals surface area contributed by atoms with Crippen LogP contribution in [0.3, 0.4) is 0 Å². The van der Waals surface area contributed by atoms with E-state index >= 15 is 0 Å². The smallest absolute Gasteiger partial charge is 0.251 e. The maximum absolute atomic E-state index is 12.4. The van der Waals surface area contributed by atoms with Crippen LogP contribution in [-0.4, -0.2) is 22.4 Å². The molecule has 1 N–H and O–H groups in total. The molecule has 2 aromatic heterocycles. The molecule has 140 valence electrons. The van der Waals surface area contributed by atoms with Crippen LogP contribution in [0.4, 0.5) is 0 Å². The highest BCUT2D eigenvalue weighted by Gasteiger charge is 2.14. The summed E-state index contributed by atoms with van der Waals surface area (Å²) in [5, 5.41) is 3.27. The molecule has 0 bridgehead atoms. The van der Waals surface area contributed by atoms with Crippen LogP contribution < -0.4 is 5.32 Å². The number of hydrogen-bond donors (Lipinski definition) is 1. The molecule has 0 saturated carbocycles. The molecule has 0 spiro atoms. The normalized spacial score (nSPS) is 10.9. The number of amides is 1. The molecule has 28 heavy (non-hydrogen) atoms. The number of rotatable bonds is 6. The van der Waals surface area contributed by atoms with Crippen molar-refractivity contribution in [1.82, 2.24) is 15.3 Å². The van der Waals surface area contributed by atoms with Crippen molar-refractivity contribution >= 4 is 28.6 Å². The fourth-order valence-corrected chi connectivity index (χ4v) is 3.17. The van der Waals surface area contributed by atoms with Crippen molar-refractivity contribution in [2.75, 3.05) is 6.54 Å². The third-order valence-electron chi connectivity index (χ3n) is 4.41. The van der Waals surface area contributed by atoms with E-state index in [0.717, 1.165) is 12.8 Å². The number of hydrogen-bond acceptors (Lipinski definition) is 4. The van der Waals surface area contributed by atoms with Gasteiger partial charge in [0.25, 0.3) is 5.91 Å². The van der Waals surface area contributed by atoms with Crippen LogP contribution >= 0.6 is 11.6 Å². The minimum atomic E-state index is -0.132. The molecule has 4 aromatic rings. The van der Waals surface area contributed by atoms with Crippen molar-refractivity contribution in [3.05, 3.63) is 83.1 Å². The van der Waals surface area contributed by atoms with Crippen LogP contribution in [0.5, 0.6) is 0 Å². The van der Waals surface area contributed by atoms with Crippen LogP contribution in [0.15, 0.2) is 71.3 Å². The van der Waals surface area contributed by atoms with Crippen molar-refractivity contribution in [2.24, 2.45) is 0 Å². The summed E-state index contributed by atoms with van der Waals surface area (Å²) in [6.45, 7) is 0.610.